The van der Waals surface area contributed by atoms with Crippen LogP contribution in [0.5, 0.6) is 11.5 Å². The Labute approximate surface area is 167 Å². The van der Waals surface area contributed by atoms with Gasteiger partial charge in [0.25, 0.3) is 10.0 Å². The second-order valence-electron chi connectivity index (χ2n) is 5.86. The molecular weight excluding hydrogens is 406 g/mol. The Hall–Kier alpha value is -2.89. The van der Waals surface area contributed by atoms with E-state index in [4.69, 9.17) is 26.2 Å². The van der Waals surface area contributed by atoms with Crippen LogP contribution in [0.4, 0.5) is 5.69 Å². The van der Waals surface area contributed by atoms with Crippen molar-refractivity contribution in [2.75, 3.05) is 11.5 Å². The van der Waals surface area contributed by atoms with Crippen molar-refractivity contribution in [1.82, 2.24) is 0 Å². The lowest BCUT2D eigenvalue weighted by Gasteiger charge is -2.11. The summed E-state index contributed by atoms with van der Waals surface area (Å²) in [6.07, 6.45) is 0.794. The average Bonchev–Trinajstić information content (AvgIpc) is 3.11. The van der Waals surface area contributed by atoms with Gasteiger partial charge in [-0.2, -0.15) is 0 Å². The topological polar surface area (TPSA) is 102 Å². The predicted molar refractivity (Wildman–Crippen MR) is 103 cm³/mol. The lowest BCUT2D eigenvalue weighted by molar-refractivity contribution is -0.137. The van der Waals surface area contributed by atoms with Crippen LogP contribution in [0.1, 0.15) is 24.8 Å². The third kappa shape index (κ3) is 4.88. The van der Waals surface area contributed by atoms with Crippen LogP contribution in [0.3, 0.4) is 0 Å². The molecule has 1 aliphatic rings. The predicted octanol–water partition coefficient (Wildman–Crippen LogP) is 3.48. The molecule has 1 heterocycles. The fourth-order valence-corrected chi connectivity index (χ4v) is 3.71. The molecule has 0 aromatic heterocycles. The van der Waals surface area contributed by atoms with Crippen LogP contribution in [-0.4, -0.2) is 26.3 Å². The Morgan fingerprint density at radius 2 is 1.96 bits per heavy atom. The van der Waals surface area contributed by atoms with Gasteiger partial charge in [0.15, 0.2) is 11.5 Å². The zero-order valence-electron chi connectivity index (χ0n) is 14.6. The lowest BCUT2D eigenvalue weighted by atomic mass is 10.1. The van der Waals surface area contributed by atoms with Gasteiger partial charge in [-0.1, -0.05) is 23.4 Å². The van der Waals surface area contributed by atoms with Crippen LogP contribution in [0.15, 0.2) is 41.3 Å². The molecule has 0 aliphatic carbocycles. The molecule has 0 unspecified atom stereocenters. The number of ether oxygens (including phenoxy) is 2. The molecular formula is C19H16ClNO6S. The van der Waals surface area contributed by atoms with E-state index >= 15 is 0 Å². The van der Waals surface area contributed by atoms with E-state index in [2.05, 4.69) is 16.6 Å². The van der Waals surface area contributed by atoms with Gasteiger partial charge < -0.3 is 14.6 Å². The Balaban J connectivity index is 1.81. The second kappa shape index (κ2) is 8.42. The van der Waals surface area contributed by atoms with Crippen LogP contribution >= 0.6 is 11.6 Å². The fraction of sp³-hybridized carbons (Fsp3) is 0.211. The van der Waals surface area contributed by atoms with Gasteiger partial charge in [0.1, 0.15) is 0 Å². The second-order valence-corrected chi connectivity index (χ2v) is 7.98. The molecule has 0 saturated carbocycles. The number of hydrogen-bond acceptors (Lipinski definition) is 5. The molecule has 2 aromatic carbocycles. The van der Waals surface area contributed by atoms with Crippen molar-refractivity contribution in [3.63, 3.8) is 0 Å². The van der Waals surface area contributed by atoms with E-state index in [9.17, 15) is 13.2 Å². The van der Waals surface area contributed by atoms with E-state index < -0.39 is 16.0 Å². The summed E-state index contributed by atoms with van der Waals surface area (Å²) in [4.78, 5) is 10.6. The number of aliphatic carboxylic acids is 1. The van der Waals surface area contributed by atoms with Crippen LogP contribution in [-0.2, 0) is 14.8 Å². The number of hydrogen-bond donors (Lipinski definition) is 2. The normalized spacial score (nSPS) is 12.2. The molecule has 0 radical (unpaired) electrons. The number of rotatable bonds is 6. The van der Waals surface area contributed by atoms with Crippen molar-refractivity contribution in [2.45, 2.75) is 24.2 Å². The van der Waals surface area contributed by atoms with Crippen LogP contribution in [0.2, 0.25) is 5.02 Å². The molecule has 9 heteroatoms. The molecule has 0 spiro atoms. The maximum Gasteiger partial charge on any atom is 0.303 e. The molecule has 2 N–H and O–H groups in total. The summed E-state index contributed by atoms with van der Waals surface area (Å²) in [5, 5.41) is 9.05. The number of anilines is 1. The number of unbranched alkanes of at least 4 members (excludes halogenated alkanes) is 1. The zero-order chi connectivity index (χ0) is 20.1. The number of benzene rings is 2. The Kier molecular flexibility index (Phi) is 5.97. The highest BCUT2D eigenvalue weighted by molar-refractivity contribution is 7.92. The zero-order valence-corrected chi connectivity index (χ0v) is 16.1. The van der Waals surface area contributed by atoms with Crippen LogP contribution < -0.4 is 14.2 Å². The number of fused-ring (bicyclic) bond motifs is 1. The Bertz CT molecular complexity index is 1070. The lowest BCUT2D eigenvalue weighted by Crippen LogP contribution is -2.13. The van der Waals surface area contributed by atoms with Crippen molar-refractivity contribution in [3.05, 3.63) is 47.0 Å². The van der Waals surface area contributed by atoms with Crippen LogP contribution in [0.25, 0.3) is 0 Å². The van der Waals surface area contributed by atoms with Gasteiger partial charge in [-0.3, -0.25) is 9.52 Å². The number of carboxylic acids is 1. The average molecular weight is 422 g/mol. The fourth-order valence-electron chi connectivity index (χ4n) is 2.44. The molecule has 0 bridgehead atoms. The van der Waals surface area contributed by atoms with E-state index in [0.29, 0.717) is 34.9 Å². The summed E-state index contributed by atoms with van der Waals surface area (Å²) >= 11 is 6.00. The molecule has 1 aliphatic heterocycles. The van der Waals surface area contributed by atoms with E-state index in [-0.39, 0.29) is 23.8 Å². The first-order valence-electron chi connectivity index (χ1n) is 8.28. The summed E-state index contributed by atoms with van der Waals surface area (Å²) in [6, 6.07) is 8.95. The molecule has 2 aromatic rings. The summed E-state index contributed by atoms with van der Waals surface area (Å²) < 4.78 is 38.4. The number of carbonyl (C=O) groups is 1. The maximum absolute atomic E-state index is 12.7. The van der Waals surface area contributed by atoms with Crippen molar-refractivity contribution < 1.29 is 27.8 Å². The van der Waals surface area contributed by atoms with Crippen LogP contribution in [0, 0.1) is 11.8 Å². The molecule has 28 heavy (non-hydrogen) atoms. The van der Waals surface area contributed by atoms with Crippen molar-refractivity contribution >= 4 is 33.3 Å². The summed E-state index contributed by atoms with van der Waals surface area (Å²) in [5.41, 5.74) is 0.667. The van der Waals surface area contributed by atoms with Gasteiger partial charge in [0.2, 0.25) is 6.79 Å². The van der Waals surface area contributed by atoms with Gasteiger partial charge in [0.05, 0.1) is 16.1 Å². The van der Waals surface area contributed by atoms with Crippen molar-refractivity contribution in [2.24, 2.45) is 0 Å². The SMILES string of the molecule is O=C(O)CCCC#Cc1cc(Cl)ccc1NS(=O)(=O)c1ccc2c(c1)OCO2. The summed E-state index contributed by atoms with van der Waals surface area (Å²) in [5.74, 6) is 5.64. The molecule has 3 rings (SSSR count). The van der Waals surface area contributed by atoms with Crippen molar-refractivity contribution in [3.8, 4) is 23.3 Å². The highest BCUT2D eigenvalue weighted by Crippen LogP contribution is 2.34. The molecule has 146 valence electrons. The Morgan fingerprint density at radius 3 is 2.75 bits per heavy atom. The molecule has 0 fully saturated rings. The summed E-state index contributed by atoms with van der Waals surface area (Å²) in [6.45, 7) is 0.0467. The molecule has 7 nitrogen and oxygen atoms in total. The van der Waals surface area contributed by atoms with E-state index in [1.165, 1.54) is 24.3 Å². The first-order chi connectivity index (χ1) is 13.3. The minimum atomic E-state index is -3.89. The quantitative estimate of drug-likeness (QED) is 0.547. The van der Waals surface area contributed by atoms with Crippen molar-refractivity contribution in [1.29, 1.82) is 0 Å². The van der Waals surface area contributed by atoms with Gasteiger partial charge in [-0.05, 0) is 36.8 Å². The van der Waals surface area contributed by atoms with E-state index in [0.717, 1.165) is 0 Å². The molecule has 0 atom stereocenters. The van der Waals surface area contributed by atoms with Gasteiger partial charge in [-0.25, -0.2) is 8.42 Å². The first-order valence-corrected chi connectivity index (χ1v) is 10.1. The van der Waals surface area contributed by atoms with E-state index in [1.807, 2.05) is 0 Å². The summed E-state index contributed by atoms with van der Waals surface area (Å²) in [7, 11) is -3.89. The Morgan fingerprint density at radius 1 is 1.18 bits per heavy atom. The van der Waals surface area contributed by atoms with E-state index in [1.54, 1.807) is 12.1 Å². The molecule has 0 saturated heterocycles. The highest BCUT2D eigenvalue weighted by atomic mass is 35.5. The standard InChI is InChI=1S/C19H16ClNO6S/c20-14-6-8-16(13(10-14)4-2-1-3-5-19(22)23)21-28(24,25)15-7-9-17-18(11-15)27-12-26-17/h6-11,21H,1,3,5,12H2,(H,22,23). The third-order valence-corrected chi connectivity index (χ3v) is 5.39. The van der Waals surface area contributed by atoms with Gasteiger partial charge >= 0.3 is 5.97 Å². The number of carboxylic acid groups (broad SMARTS) is 1. The minimum Gasteiger partial charge on any atom is -0.481 e. The number of halogens is 1. The maximum atomic E-state index is 12.7. The van der Waals surface area contributed by atoms with Gasteiger partial charge in [-0.15, -0.1) is 0 Å². The monoisotopic (exact) mass is 421 g/mol. The smallest absolute Gasteiger partial charge is 0.303 e. The minimum absolute atomic E-state index is 0.0204. The largest absolute Gasteiger partial charge is 0.481 e. The first kappa shape index (κ1) is 19.9. The third-order valence-electron chi connectivity index (χ3n) is 3.80. The number of nitrogens with one attached hydrogen (secondary N) is 1. The highest BCUT2D eigenvalue weighted by Gasteiger charge is 2.21. The molecule has 0 amide bonds. The number of sulfonamides is 1. The van der Waals surface area contributed by atoms with Gasteiger partial charge in [0, 0.05) is 23.9 Å².